The van der Waals surface area contributed by atoms with E-state index in [9.17, 15) is 12.8 Å². The van der Waals surface area contributed by atoms with Gasteiger partial charge in [-0.05, 0) is 64.1 Å². The number of hydrogen-bond donors (Lipinski definition) is 0. The van der Waals surface area contributed by atoms with Crippen LogP contribution in [0, 0.1) is 5.95 Å². The van der Waals surface area contributed by atoms with Gasteiger partial charge in [-0.3, -0.25) is 0 Å². The molecule has 1 aliphatic rings. The summed E-state index contributed by atoms with van der Waals surface area (Å²) in [6.45, 7) is 7.84. The monoisotopic (exact) mass is 479 g/mol. The average molecular weight is 479 g/mol. The quantitative estimate of drug-likeness (QED) is 0.327. The van der Waals surface area contributed by atoms with Crippen LogP contribution in [0.15, 0.2) is 71.9 Å². The zero-order valence-electron chi connectivity index (χ0n) is 19.2. The minimum Gasteiger partial charge on any atom is -0.399 e. The van der Waals surface area contributed by atoms with Gasteiger partial charge in [0.25, 0.3) is 10.0 Å². The number of hydrogen-bond acceptors (Lipinski definition) is 6. The van der Waals surface area contributed by atoms with Gasteiger partial charge in [0.1, 0.15) is 0 Å². The Morgan fingerprint density at radius 1 is 0.912 bits per heavy atom. The van der Waals surface area contributed by atoms with Crippen molar-refractivity contribution in [2.75, 3.05) is 0 Å². The highest BCUT2D eigenvalue weighted by Gasteiger charge is 2.51. The fourth-order valence-electron chi connectivity index (χ4n) is 3.86. The van der Waals surface area contributed by atoms with Gasteiger partial charge in [0.05, 0.1) is 21.8 Å². The number of halogens is 1. The first-order valence-corrected chi connectivity index (χ1v) is 12.2. The highest BCUT2D eigenvalue weighted by Crippen LogP contribution is 2.37. The van der Waals surface area contributed by atoms with Gasteiger partial charge in [0.15, 0.2) is 5.65 Å². The fraction of sp³-hybridized carbons (Fsp3) is 0.250. The van der Waals surface area contributed by atoms with Gasteiger partial charge in [-0.1, -0.05) is 18.2 Å². The molecule has 34 heavy (non-hydrogen) atoms. The van der Waals surface area contributed by atoms with Gasteiger partial charge in [-0.15, -0.1) is 0 Å². The Morgan fingerprint density at radius 2 is 1.59 bits per heavy atom. The summed E-state index contributed by atoms with van der Waals surface area (Å²) < 4.78 is 54.2. The molecular weight excluding hydrogens is 456 g/mol. The minimum atomic E-state index is -4.01. The van der Waals surface area contributed by atoms with E-state index >= 15 is 0 Å². The fourth-order valence-corrected chi connectivity index (χ4v) is 5.37. The van der Waals surface area contributed by atoms with Crippen LogP contribution >= 0.6 is 0 Å². The van der Waals surface area contributed by atoms with Crippen LogP contribution in [0.1, 0.15) is 27.7 Å². The van der Waals surface area contributed by atoms with Crippen LogP contribution in [0.3, 0.4) is 0 Å². The lowest BCUT2D eigenvalue weighted by atomic mass is 9.80. The number of aromatic nitrogens is 3. The molecule has 0 amide bonds. The molecule has 1 saturated heterocycles. The first kappa shape index (κ1) is 22.7. The highest BCUT2D eigenvalue weighted by molar-refractivity contribution is 7.90. The van der Waals surface area contributed by atoms with Crippen molar-refractivity contribution >= 4 is 33.6 Å². The summed E-state index contributed by atoms with van der Waals surface area (Å²) in [7, 11) is -4.66. The van der Waals surface area contributed by atoms with Crippen molar-refractivity contribution in [2.45, 2.75) is 43.8 Å². The molecule has 4 heterocycles. The van der Waals surface area contributed by atoms with Gasteiger partial charge in [0, 0.05) is 28.8 Å². The number of benzene rings is 1. The lowest BCUT2D eigenvalue weighted by Crippen LogP contribution is -2.41. The molecule has 7 nitrogen and oxygen atoms in total. The number of pyridine rings is 2. The van der Waals surface area contributed by atoms with Crippen LogP contribution in [-0.4, -0.2) is 40.7 Å². The molecule has 174 valence electrons. The summed E-state index contributed by atoms with van der Waals surface area (Å²) in [4.78, 5) is 8.32. The molecule has 0 spiro atoms. The molecule has 1 fully saturated rings. The van der Waals surface area contributed by atoms with E-state index in [0.717, 1.165) is 0 Å². The largest absolute Gasteiger partial charge is 0.496 e. The van der Waals surface area contributed by atoms with E-state index in [1.165, 1.54) is 34.4 Å². The first-order chi connectivity index (χ1) is 16.0. The van der Waals surface area contributed by atoms with Crippen LogP contribution in [0.2, 0.25) is 0 Å². The van der Waals surface area contributed by atoms with Crippen LogP contribution in [0.5, 0.6) is 0 Å². The predicted octanol–water partition coefficient (Wildman–Crippen LogP) is 3.77. The Hall–Kier alpha value is -3.08. The van der Waals surface area contributed by atoms with Crippen LogP contribution in [0.4, 0.5) is 4.39 Å². The Balaban J connectivity index is 1.70. The summed E-state index contributed by atoms with van der Waals surface area (Å²) in [5.41, 5.74) is 0.619. The molecule has 0 bridgehead atoms. The van der Waals surface area contributed by atoms with Gasteiger partial charge in [-0.25, -0.2) is 22.4 Å². The van der Waals surface area contributed by atoms with E-state index in [-0.39, 0.29) is 10.5 Å². The number of fused-ring (bicyclic) bond motifs is 1. The van der Waals surface area contributed by atoms with Crippen LogP contribution in [-0.2, 0) is 19.3 Å². The Kier molecular flexibility index (Phi) is 5.16. The van der Waals surface area contributed by atoms with Crippen molar-refractivity contribution < 1.29 is 22.1 Å². The van der Waals surface area contributed by atoms with E-state index in [4.69, 9.17) is 9.31 Å². The van der Waals surface area contributed by atoms with E-state index < -0.39 is 34.3 Å². The van der Waals surface area contributed by atoms with Crippen molar-refractivity contribution in [1.82, 2.24) is 13.9 Å². The molecule has 3 aromatic heterocycles. The van der Waals surface area contributed by atoms with Gasteiger partial charge < -0.3 is 9.31 Å². The summed E-state index contributed by atoms with van der Waals surface area (Å²) in [6, 6.07) is 14.3. The van der Waals surface area contributed by atoms with E-state index in [2.05, 4.69) is 9.97 Å². The van der Waals surface area contributed by atoms with Crippen molar-refractivity contribution in [3.05, 3.63) is 72.9 Å². The maximum Gasteiger partial charge on any atom is 0.496 e. The van der Waals surface area contributed by atoms with Crippen LogP contribution < -0.4 is 5.46 Å². The molecule has 10 heteroatoms. The summed E-state index contributed by atoms with van der Waals surface area (Å²) >= 11 is 0. The van der Waals surface area contributed by atoms with Gasteiger partial charge in [0.2, 0.25) is 5.95 Å². The number of nitrogens with zero attached hydrogens (tertiary/aromatic N) is 3. The smallest absolute Gasteiger partial charge is 0.399 e. The number of rotatable bonds is 4. The van der Waals surface area contributed by atoms with Crippen molar-refractivity contribution in [2.24, 2.45) is 0 Å². The van der Waals surface area contributed by atoms with E-state index in [1.54, 1.807) is 30.5 Å². The first-order valence-electron chi connectivity index (χ1n) is 10.8. The lowest BCUT2D eigenvalue weighted by molar-refractivity contribution is 0.00578. The third-order valence-corrected chi connectivity index (χ3v) is 8.17. The van der Waals surface area contributed by atoms with E-state index in [0.29, 0.717) is 22.1 Å². The van der Waals surface area contributed by atoms with Crippen molar-refractivity contribution in [3.63, 3.8) is 0 Å². The summed E-state index contributed by atoms with van der Waals surface area (Å²) in [6.07, 6.45) is 2.86. The summed E-state index contributed by atoms with van der Waals surface area (Å²) in [5.74, 6) is -0.654. The second kappa shape index (κ2) is 7.73. The standard InChI is InChI=1S/C24H23BFN3O4S/c1-23(2)24(3,4)33-25(32-23)18-12-17-13-20(16-10-11-21(26)27-14-16)29(22(17)28-15-18)34(30,31)19-8-6-5-7-9-19/h5-15H,1-4H3. The Labute approximate surface area is 197 Å². The molecule has 5 rings (SSSR count). The molecule has 0 unspecified atom stereocenters. The molecule has 0 N–H and O–H groups in total. The topological polar surface area (TPSA) is 83.3 Å². The maximum absolute atomic E-state index is 13.7. The highest BCUT2D eigenvalue weighted by atomic mass is 32.2. The molecular formula is C24H23BFN3O4S. The zero-order valence-corrected chi connectivity index (χ0v) is 20.0. The molecule has 1 aliphatic heterocycles. The zero-order chi connectivity index (χ0) is 24.3. The van der Waals surface area contributed by atoms with Crippen molar-refractivity contribution in [3.8, 4) is 11.3 Å². The minimum absolute atomic E-state index is 0.112. The molecule has 0 aliphatic carbocycles. The van der Waals surface area contributed by atoms with Gasteiger partial charge in [-0.2, -0.15) is 4.39 Å². The van der Waals surface area contributed by atoms with Gasteiger partial charge >= 0.3 is 7.12 Å². The second-order valence-electron chi connectivity index (χ2n) is 9.25. The molecule has 1 aromatic carbocycles. The van der Waals surface area contributed by atoms with E-state index in [1.807, 2.05) is 33.8 Å². The third-order valence-electron chi connectivity index (χ3n) is 6.45. The average Bonchev–Trinajstić information content (AvgIpc) is 3.28. The lowest BCUT2D eigenvalue weighted by Gasteiger charge is -2.32. The molecule has 4 aromatic rings. The third kappa shape index (κ3) is 3.62. The maximum atomic E-state index is 13.7. The predicted molar refractivity (Wildman–Crippen MR) is 128 cm³/mol. The molecule has 0 atom stereocenters. The second-order valence-corrected chi connectivity index (χ2v) is 11.0. The summed E-state index contributed by atoms with van der Waals surface area (Å²) in [5, 5.41) is 0.575. The molecule has 0 saturated carbocycles. The van der Waals surface area contributed by atoms with Crippen molar-refractivity contribution in [1.29, 1.82) is 0 Å². The van der Waals surface area contributed by atoms with Crippen LogP contribution in [0.25, 0.3) is 22.3 Å². The Bertz CT molecular complexity index is 1470. The normalized spacial score (nSPS) is 17.4. The SMILES string of the molecule is CC1(C)OB(c2cnc3c(c2)cc(-c2ccc(F)nc2)n3S(=O)(=O)c2ccccc2)OC1(C)C. The molecule has 0 radical (unpaired) electrons. The Morgan fingerprint density at radius 3 is 2.21 bits per heavy atom.